The van der Waals surface area contributed by atoms with Crippen LogP contribution < -0.4 is 5.32 Å². The molecule has 1 rings (SSSR count). The van der Waals surface area contributed by atoms with Crippen LogP contribution >= 0.6 is 0 Å². The first-order valence-electron chi connectivity index (χ1n) is 5.17. The summed E-state index contributed by atoms with van der Waals surface area (Å²) in [5.74, 6) is -0.199. The van der Waals surface area contributed by atoms with Crippen molar-refractivity contribution in [3.63, 3.8) is 0 Å². The van der Waals surface area contributed by atoms with E-state index < -0.39 is 0 Å². The predicted molar refractivity (Wildman–Crippen MR) is 59.1 cm³/mol. The standard InChI is InChI=1S/C12H18FNO/c1-9(2)15-8-11-6-10(7-14-3)4-5-12(11)13/h4-6,9,14H,7-8H2,1-3H3. The lowest BCUT2D eigenvalue weighted by Crippen LogP contribution is -2.07. The van der Waals surface area contributed by atoms with Crippen LogP contribution in [0.5, 0.6) is 0 Å². The molecule has 0 saturated heterocycles. The number of hydrogen-bond donors (Lipinski definition) is 1. The zero-order valence-electron chi connectivity index (χ0n) is 9.51. The highest BCUT2D eigenvalue weighted by Crippen LogP contribution is 2.12. The molecule has 0 aliphatic heterocycles. The zero-order chi connectivity index (χ0) is 11.3. The number of halogens is 1. The molecule has 15 heavy (non-hydrogen) atoms. The summed E-state index contributed by atoms with van der Waals surface area (Å²) in [5, 5.41) is 3.03. The second-order valence-electron chi connectivity index (χ2n) is 3.82. The molecule has 0 aromatic heterocycles. The first-order valence-corrected chi connectivity index (χ1v) is 5.17. The highest BCUT2D eigenvalue weighted by Gasteiger charge is 2.04. The van der Waals surface area contributed by atoms with Gasteiger partial charge in [-0.15, -0.1) is 0 Å². The van der Waals surface area contributed by atoms with Gasteiger partial charge in [0.25, 0.3) is 0 Å². The molecule has 0 atom stereocenters. The van der Waals surface area contributed by atoms with E-state index in [2.05, 4.69) is 5.32 Å². The molecule has 1 aromatic carbocycles. The molecule has 0 radical (unpaired) electrons. The van der Waals surface area contributed by atoms with Gasteiger partial charge in [-0.3, -0.25) is 0 Å². The Balaban J connectivity index is 2.71. The average molecular weight is 211 g/mol. The van der Waals surface area contributed by atoms with Crippen LogP contribution in [0.2, 0.25) is 0 Å². The number of hydrogen-bond acceptors (Lipinski definition) is 2. The Bertz CT molecular complexity index is 312. The van der Waals surface area contributed by atoms with Crippen molar-refractivity contribution < 1.29 is 9.13 Å². The molecule has 0 fully saturated rings. The maximum absolute atomic E-state index is 13.4. The van der Waals surface area contributed by atoms with E-state index in [4.69, 9.17) is 4.74 Å². The molecule has 3 heteroatoms. The minimum atomic E-state index is -0.199. The number of ether oxygens (including phenoxy) is 1. The van der Waals surface area contributed by atoms with E-state index in [0.717, 1.165) is 12.1 Å². The first kappa shape index (κ1) is 12.1. The first-order chi connectivity index (χ1) is 7.13. The predicted octanol–water partition coefficient (Wildman–Crippen LogP) is 2.47. The van der Waals surface area contributed by atoms with E-state index in [1.807, 2.05) is 27.0 Å². The van der Waals surface area contributed by atoms with Gasteiger partial charge in [0.1, 0.15) is 5.82 Å². The second kappa shape index (κ2) is 5.83. The third-order valence-corrected chi connectivity index (χ3v) is 2.06. The molecular formula is C12H18FNO. The molecule has 0 heterocycles. The molecule has 0 unspecified atom stereocenters. The summed E-state index contributed by atoms with van der Waals surface area (Å²) in [5.41, 5.74) is 1.69. The molecule has 2 nitrogen and oxygen atoms in total. The van der Waals surface area contributed by atoms with Gasteiger partial charge in [0.05, 0.1) is 12.7 Å². The van der Waals surface area contributed by atoms with Crippen LogP contribution in [0.3, 0.4) is 0 Å². The lowest BCUT2D eigenvalue weighted by molar-refractivity contribution is 0.0639. The molecule has 1 N–H and O–H groups in total. The fourth-order valence-corrected chi connectivity index (χ4v) is 1.31. The normalized spacial score (nSPS) is 11.0. The average Bonchev–Trinajstić information content (AvgIpc) is 2.19. The molecule has 84 valence electrons. The van der Waals surface area contributed by atoms with Crippen molar-refractivity contribution in [2.75, 3.05) is 7.05 Å². The van der Waals surface area contributed by atoms with E-state index in [1.54, 1.807) is 6.07 Å². The molecule has 0 spiro atoms. The fraction of sp³-hybridized carbons (Fsp3) is 0.500. The van der Waals surface area contributed by atoms with E-state index in [9.17, 15) is 4.39 Å². The van der Waals surface area contributed by atoms with Crippen LogP contribution in [0.4, 0.5) is 4.39 Å². The smallest absolute Gasteiger partial charge is 0.128 e. The summed E-state index contributed by atoms with van der Waals surface area (Å²) >= 11 is 0. The Morgan fingerprint density at radius 1 is 1.40 bits per heavy atom. The maximum Gasteiger partial charge on any atom is 0.128 e. The highest BCUT2D eigenvalue weighted by atomic mass is 19.1. The SMILES string of the molecule is CNCc1ccc(F)c(COC(C)C)c1. The van der Waals surface area contributed by atoms with Gasteiger partial charge in [-0.25, -0.2) is 4.39 Å². The quantitative estimate of drug-likeness (QED) is 0.807. The topological polar surface area (TPSA) is 21.3 Å². The van der Waals surface area contributed by atoms with Crippen molar-refractivity contribution in [3.8, 4) is 0 Å². The monoisotopic (exact) mass is 211 g/mol. The van der Waals surface area contributed by atoms with Crippen molar-refractivity contribution in [2.45, 2.75) is 33.1 Å². The minimum Gasteiger partial charge on any atom is -0.374 e. The largest absolute Gasteiger partial charge is 0.374 e. The van der Waals surface area contributed by atoms with Gasteiger partial charge in [0.15, 0.2) is 0 Å². The summed E-state index contributed by atoms with van der Waals surface area (Å²) < 4.78 is 18.7. The number of benzene rings is 1. The second-order valence-corrected chi connectivity index (χ2v) is 3.82. The summed E-state index contributed by atoms with van der Waals surface area (Å²) in [7, 11) is 1.87. The van der Waals surface area contributed by atoms with E-state index >= 15 is 0 Å². The lowest BCUT2D eigenvalue weighted by Gasteiger charge is -2.10. The van der Waals surface area contributed by atoms with E-state index in [1.165, 1.54) is 6.07 Å². The molecular weight excluding hydrogens is 193 g/mol. The summed E-state index contributed by atoms with van der Waals surface area (Å²) in [6.45, 7) is 4.96. The van der Waals surface area contributed by atoms with E-state index in [0.29, 0.717) is 12.2 Å². The van der Waals surface area contributed by atoms with Gasteiger partial charge < -0.3 is 10.1 Å². The molecule has 0 amide bonds. The van der Waals surface area contributed by atoms with Crippen LogP contribution in [0.15, 0.2) is 18.2 Å². The molecule has 0 aliphatic rings. The van der Waals surface area contributed by atoms with Gasteiger partial charge in [-0.05, 0) is 38.6 Å². The van der Waals surface area contributed by atoms with Gasteiger partial charge in [0, 0.05) is 12.1 Å². The molecule has 0 saturated carbocycles. The number of nitrogens with one attached hydrogen (secondary N) is 1. The lowest BCUT2D eigenvalue weighted by atomic mass is 10.1. The Kier molecular flexibility index (Phi) is 4.72. The van der Waals surface area contributed by atoms with Crippen LogP contribution in [0, 0.1) is 5.82 Å². The third kappa shape index (κ3) is 3.98. The zero-order valence-corrected chi connectivity index (χ0v) is 9.51. The third-order valence-electron chi connectivity index (χ3n) is 2.06. The van der Waals surface area contributed by atoms with Crippen molar-refractivity contribution >= 4 is 0 Å². The molecule has 0 aliphatic carbocycles. The van der Waals surface area contributed by atoms with Crippen LogP contribution in [0.1, 0.15) is 25.0 Å². The minimum absolute atomic E-state index is 0.123. The van der Waals surface area contributed by atoms with Gasteiger partial charge in [-0.2, -0.15) is 0 Å². The van der Waals surface area contributed by atoms with Gasteiger partial charge in [-0.1, -0.05) is 6.07 Å². The van der Waals surface area contributed by atoms with Crippen molar-refractivity contribution in [2.24, 2.45) is 0 Å². The highest BCUT2D eigenvalue weighted by molar-refractivity contribution is 5.24. The Morgan fingerprint density at radius 2 is 2.13 bits per heavy atom. The van der Waals surface area contributed by atoms with Crippen LogP contribution in [-0.4, -0.2) is 13.2 Å². The van der Waals surface area contributed by atoms with Gasteiger partial charge in [0.2, 0.25) is 0 Å². The molecule has 0 bridgehead atoms. The fourth-order valence-electron chi connectivity index (χ4n) is 1.31. The van der Waals surface area contributed by atoms with Crippen molar-refractivity contribution in [1.82, 2.24) is 5.32 Å². The van der Waals surface area contributed by atoms with Crippen LogP contribution in [0.25, 0.3) is 0 Å². The van der Waals surface area contributed by atoms with Crippen LogP contribution in [-0.2, 0) is 17.9 Å². The summed E-state index contributed by atoms with van der Waals surface area (Å²) in [4.78, 5) is 0. The summed E-state index contributed by atoms with van der Waals surface area (Å²) in [6, 6.07) is 5.12. The van der Waals surface area contributed by atoms with Crippen molar-refractivity contribution in [3.05, 3.63) is 35.1 Å². The summed E-state index contributed by atoms with van der Waals surface area (Å²) in [6.07, 6.45) is 0.123. The maximum atomic E-state index is 13.4. The molecule has 1 aromatic rings. The van der Waals surface area contributed by atoms with Crippen molar-refractivity contribution in [1.29, 1.82) is 0 Å². The Morgan fingerprint density at radius 3 is 2.73 bits per heavy atom. The van der Waals surface area contributed by atoms with Gasteiger partial charge >= 0.3 is 0 Å². The number of rotatable bonds is 5. The Hall–Kier alpha value is -0.930. The Labute approximate surface area is 90.4 Å². The van der Waals surface area contributed by atoms with E-state index in [-0.39, 0.29) is 11.9 Å².